The molecule has 148 valence electrons. The van der Waals surface area contributed by atoms with E-state index >= 15 is 0 Å². The molecule has 0 saturated heterocycles. The Kier molecular flexibility index (Phi) is 11.2. The Bertz CT molecular complexity index is 638. The van der Waals surface area contributed by atoms with Gasteiger partial charge in [-0.15, -0.1) is 0 Å². The van der Waals surface area contributed by atoms with Crippen molar-refractivity contribution in [3.8, 4) is 0 Å². The Morgan fingerprint density at radius 3 is 1.78 bits per heavy atom. The third-order valence-electron chi connectivity index (χ3n) is 2.64. The molecule has 1 aromatic carbocycles. The molecule has 13 heteroatoms. The predicted molar refractivity (Wildman–Crippen MR) is 74.9 cm³/mol. The number of carbonyl (C=O) groups excluding carboxylic acids is 3. The summed E-state index contributed by atoms with van der Waals surface area (Å²) in [6.45, 7) is 2.40. The molecule has 1 aliphatic rings. The summed E-state index contributed by atoms with van der Waals surface area (Å²) in [7, 11) is 0. The number of carboxylic acids is 2. The second-order valence-electron chi connectivity index (χ2n) is 4.54. The van der Waals surface area contributed by atoms with Crippen LogP contribution >= 0.6 is 0 Å². The van der Waals surface area contributed by atoms with Gasteiger partial charge in [-0.2, -0.15) is 26.3 Å². The Balaban J connectivity index is 0. The quantitative estimate of drug-likeness (QED) is 0.303. The molecule has 0 bridgehead atoms. The van der Waals surface area contributed by atoms with Crippen LogP contribution in [-0.2, 0) is 20.8 Å². The molecule has 1 amide bonds. The van der Waals surface area contributed by atoms with Gasteiger partial charge in [0.15, 0.2) is 0 Å². The number of carbonyl (C=O) groups is 3. The zero-order valence-corrected chi connectivity index (χ0v) is 18.0. The van der Waals surface area contributed by atoms with E-state index in [0.717, 1.165) is 18.7 Å². The summed E-state index contributed by atoms with van der Waals surface area (Å²) in [5, 5.41) is 17.6. The first-order valence-electron chi connectivity index (χ1n) is 6.52. The maximum absolute atomic E-state index is 11.1. The predicted octanol–water partition coefficient (Wildman–Crippen LogP) is -0.388. The number of hydrogen-bond donors (Lipinski definition) is 0. The summed E-state index contributed by atoms with van der Waals surface area (Å²) in [5.74, 6) is -5.91. The summed E-state index contributed by atoms with van der Waals surface area (Å²) in [6.07, 6.45) is -9.42. The number of para-hydroxylation sites is 1. The number of anilines is 1. The van der Waals surface area contributed by atoms with Crippen LogP contribution in [0.15, 0.2) is 18.2 Å². The molecule has 2 rings (SSSR count). The van der Waals surface area contributed by atoms with Crippen LogP contribution in [-0.4, -0.2) is 64.0 Å². The number of benzene rings is 1. The van der Waals surface area contributed by atoms with E-state index in [1.807, 2.05) is 12.1 Å². The van der Waals surface area contributed by atoms with Crippen LogP contribution in [0.2, 0.25) is 0 Å². The summed E-state index contributed by atoms with van der Waals surface area (Å²) >= 11 is 0. The second kappa shape index (κ2) is 11.1. The normalized spacial score (nSPS) is 12.3. The topological polar surface area (TPSA) is 101 Å². The van der Waals surface area contributed by atoms with Crippen molar-refractivity contribution >= 4 is 50.8 Å². The maximum Gasteiger partial charge on any atom is 0.430 e. The number of hydrogen-bond acceptors (Lipinski definition) is 5. The molecular formula is C14H10F6NO5Tl-2. The van der Waals surface area contributed by atoms with Gasteiger partial charge in [0, 0.05) is 46.8 Å². The molecule has 1 heterocycles. The van der Waals surface area contributed by atoms with E-state index in [-0.39, 0.29) is 33.2 Å². The summed E-state index contributed by atoms with van der Waals surface area (Å²) in [5.41, 5.74) is 2.19. The summed E-state index contributed by atoms with van der Waals surface area (Å²) in [6, 6.07) is 8.94. The number of alkyl halides is 6. The van der Waals surface area contributed by atoms with Crippen molar-refractivity contribution < 1.29 is 50.9 Å². The number of nitrogens with zero attached hydrogens (tertiary/aromatic N) is 1. The van der Waals surface area contributed by atoms with Crippen molar-refractivity contribution in [3.05, 3.63) is 29.8 Å². The largest absolute Gasteiger partial charge is 0.542 e. The summed E-state index contributed by atoms with van der Waals surface area (Å²) in [4.78, 5) is 30.5. The Morgan fingerprint density at radius 2 is 1.44 bits per heavy atom. The van der Waals surface area contributed by atoms with E-state index in [0.29, 0.717) is 0 Å². The molecule has 1 aliphatic heterocycles. The number of halogens is 6. The van der Waals surface area contributed by atoms with E-state index in [2.05, 4.69) is 12.1 Å². The SMILES string of the molecule is CC(=O)N1CCc2ccc[c]c21.O=C([O-])C(F)(F)F.O=C([O-])C(F)(F)F.[Tl]. The molecule has 0 N–H and O–H groups in total. The van der Waals surface area contributed by atoms with E-state index in [4.69, 9.17) is 19.8 Å². The van der Waals surface area contributed by atoms with Crippen molar-refractivity contribution in [3.63, 3.8) is 0 Å². The molecule has 27 heavy (non-hydrogen) atoms. The van der Waals surface area contributed by atoms with Gasteiger partial charge in [0.25, 0.3) is 0 Å². The molecule has 0 aliphatic carbocycles. The van der Waals surface area contributed by atoms with Crippen LogP contribution in [0.1, 0.15) is 12.5 Å². The van der Waals surface area contributed by atoms with Crippen molar-refractivity contribution in [1.82, 2.24) is 0 Å². The van der Waals surface area contributed by atoms with E-state index in [9.17, 15) is 31.1 Å². The summed E-state index contributed by atoms with van der Waals surface area (Å²) < 4.78 is 63.1. The average molecular weight is 591 g/mol. The van der Waals surface area contributed by atoms with Crippen molar-refractivity contribution in [2.75, 3.05) is 11.4 Å². The Morgan fingerprint density at radius 1 is 1.04 bits per heavy atom. The third-order valence-corrected chi connectivity index (χ3v) is 2.64. The molecule has 0 fully saturated rings. The van der Waals surface area contributed by atoms with Crippen molar-refractivity contribution in [1.29, 1.82) is 0 Å². The van der Waals surface area contributed by atoms with Crippen LogP contribution < -0.4 is 15.1 Å². The van der Waals surface area contributed by atoms with Crippen LogP contribution in [0.5, 0.6) is 0 Å². The Hall–Kier alpha value is -1.87. The van der Waals surface area contributed by atoms with Crippen LogP contribution in [0.25, 0.3) is 0 Å². The molecule has 1 aromatic rings. The van der Waals surface area contributed by atoms with Crippen LogP contribution in [0, 0.1) is 6.07 Å². The average Bonchev–Trinajstić information content (AvgIpc) is 2.90. The molecule has 0 saturated carbocycles. The van der Waals surface area contributed by atoms with Gasteiger partial charge in [-0.3, -0.25) is 4.79 Å². The number of rotatable bonds is 0. The number of fused-ring (bicyclic) bond motifs is 1. The fourth-order valence-electron chi connectivity index (χ4n) is 1.57. The van der Waals surface area contributed by atoms with Crippen molar-refractivity contribution in [2.24, 2.45) is 0 Å². The van der Waals surface area contributed by atoms with E-state index in [1.54, 1.807) is 11.8 Å². The molecule has 0 aromatic heterocycles. The Labute approximate surface area is 168 Å². The van der Waals surface area contributed by atoms with Gasteiger partial charge in [0.05, 0.1) is 5.69 Å². The van der Waals surface area contributed by atoms with Crippen molar-refractivity contribution in [2.45, 2.75) is 25.7 Å². The molecule has 6 nitrogen and oxygen atoms in total. The van der Waals surface area contributed by atoms with Gasteiger partial charge < -0.3 is 24.7 Å². The number of amides is 1. The van der Waals surface area contributed by atoms with E-state index < -0.39 is 24.3 Å². The molecule has 0 unspecified atom stereocenters. The molecule has 0 atom stereocenters. The number of carboxylic acid groups (broad SMARTS) is 2. The second-order valence-corrected chi connectivity index (χ2v) is 4.54. The zero-order valence-electron chi connectivity index (χ0n) is 13.5. The number of aliphatic carboxylic acids is 2. The first-order valence-corrected chi connectivity index (χ1v) is 6.52. The smallest absolute Gasteiger partial charge is 0.430 e. The van der Waals surface area contributed by atoms with Crippen LogP contribution in [0.4, 0.5) is 32.0 Å². The molecular weight excluding hydrogens is 581 g/mol. The minimum Gasteiger partial charge on any atom is -0.542 e. The zero-order chi connectivity index (χ0) is 20.7. The van der Waals surface area contributed by atoms with Gasteiger partial charge in [-0.25, -0.2) is 0 Å². The van der Waals surface area contributed by atoms with Gasteiger partial charge in [-0.05, 0) is 12.0 Å². The van der Waals surface area contributed by atoms with Gasteiger partial charge in [-0.1, -0.05) is 18.2 Å². The minimum absolute atomic E-state index is 0. The van der Waals surface area contributed by atoms with Gasteiger partial charge >= 0.3 is 12.4 Å². The van der Waals surface area contributed by atoms with Gasteiger partial charge in [0.1, 0.15) is 11.9 Å². The minimum atomic E-state index is -5.19. The fourth-order valence-corrected chi connectivity index (χ4v) is 1.57. The molecule has 2 radical (unpaired) electrons. The van der Waals surface area contributed by atoms with E-state index in [1.165, 1.54) is 5.56 Å². The maximum atomic E-state index is 11.1. The standard InChI is InChI=1S/C10H10NO.2C2HF3O2.Tl/c1-8(12)11-7-6-9-4-2-3-5-10(9)11;2*3-2(4,5)1(6)7;/h2-4H,6-7H2,1H3;2*(H,6,7);/p-2. The third kappa shape index (κ3) is 10.1. The van der Waals surface area contributed by atoms with Gasteiger partial charge in [0.2, 0.25) is 5.91 Å². The monoisotopic (exact) mass is 591 g/mol. The fraction of sp³-hybridized carbons (Fsp3) is 0.357. The van der Waals surface area contributed by atoms with Crippen LogP contribution in [0.3, 0.4) is 0 Å². The first kappa shape index (κ1) is 27.4. The first-order chi connectivity index (χ1) is 11.7. The molecule has 0 spiro atoms.